The van der Waals surface area contributed by atoms with Crippen LogP contribution >= 0.6 is 73.8 Å². The summed E-state index contributed by atoms with van der Waals surface area (Å²) >= 11 is 24.2. The highest BCUT2D eigenvalue weighted by Gasteiger charge is 2.14. The van der Waals surface area contributed by atoms with Gasteiger partial charge in [-0.05, 0) is 35.9 Å². The van der Waals surface area contributed by atoms with Gasteiger partial charge in [-0.25, -0.2) is 0 Å². The van der Waals surface area contributed by atoms with E-state index in [1.165, 1.54) is 23.1 Å². The number of carbonyl (C=O) groups is 1. The molecule has 0 fully saturated rings. The van der Waals surface area contributed by atoms with Crippen LogP contribution in [-0.4, -0.2) is 16.1 Å². The van der Waals surface area contributed by atoms with Crippen LogP contribution < -0.4 is 5.32 Å². The fourth-order valence-electron chi connectivity index (χ4n) is 1.93. The smallest absolute Gasteiger partial charge is 0.259 e. The molecule has 0 radical (unpaired) electrons. The summed E-state index contributed by atoms with van der Waals surface area (Å²) in [6.07, 6.45) is 0. The van der Waals surface area contributed by atoms with Crippen LogP contribution in [0.25, 0.3) is 0 Å². The zero-order valence-electron chi connectivity index (χ0n) is 12.8. The SMILES string of the molecule is O=C(Nc1nnc(SCc2ccc(Cl)cc2Cl)s1)c1cc(Br)ccc1Cl. The number of benzene rings is 2. The Kier molecular flexibility index (Phi) is 6.82. The number of carbonyl (C=O) groups excluding carboxylic acids is 1. The number of rotatable bonds is 5. The minimum atomic E-state index is -0.343. The van der Waals surface area contributed by atoms with Crippen molar-refractivity contribution in [1.29, 1.82) is 0 Å². The fraction of sp³-hybridized carbons (Fsp3) is 0.0625. The van der Waals surface area contributed by atoms with E-state index in [2.05, 4.69) is 31.4 Å². The molecule has 0 unspecified atom stereocenters. The van der Waals surface area contributed by atoms with Gasteiger partial charge in [0.1, 0.15) is 0 Å². The Bertz CT molecular complexity index is 968. The zero-order valence-corrected chi connectivity index (χ0v) is 18.3. The lowest BCUT2D eigenvalue weighted by molar-refractivity contribution is 0.102. The Balaban J connectivity index is 1.64. The van der Waals surface area contributed by atoms with Crippen molar-refractivity contribution in [2.45, 2.75) is 10.1 Å². The summed E-state index contributed by atoms with van der Waals surface area (Å²) < 4.78 is 1.48. The van der Waals surface area contributed by atoms with Gasteiger partial charge in [0, 0.05) is 20.3 Å². The molecule has 26 heavy (non-hydrogen) atoms. The monoisotopic (exact) mass is 507 g/mol. The first-order chi connectivity index (χ1) is 12.4. The van der Waals surface area contributed by atoms with Gasteiger partial charge in [-0.3, -0.25) is 10.1 Å². The van der Waals surface area contributed by atoms with Crippen molar-refractivity contribution in [3.05, 3.63) is 67.1 Å². The van der Waals surface area contributed by atoms with Crippen LogP contribution in [0.4, 0.5) is 5.13 Å². The molecule has 3 aromatic rings. The number of hydrogen-bond donors (Lipinski definition) is 1. The largest absolute Gasteiger partial charge is 0.296 e. The van der Waals surface area contributed by atoms with Crippen molar-refractivity contribution >= 4 is 84.9 Å². The minimum absolute atomic E-state index is 0.343. The van der Waals surface area contributed by atoms with Gasteiger partial charge in [0.25, 0.3) is 5.91 Å². The van der Waals surface area contributed by atoms with Crippen LogP contribution in [0.1, 0.15) is 15.9 Å². The van der Waals surface area contributed by atoms with E-state index < -0.39 is 0 Å². The van der Waals surface area contributed by atoms with E-state index >= 15 is 0 Å². The van der Waals surface area contributed by atoms with Crippen molar-refractivity contribution in [1.82, 2.24) is 10.2 Å². The van der Waals surface area contributed by atoms with Crippen LogP contribution in [0.3, 0.4) is 0 Å². The average Bonchev–Trinajstić information content (AvgIpc) is 3.03. The van der Waals surface area contributed by atoms with Crippen LogP contribution in [0.5, 0.6) is 0 Å². The highest BCUT2D eigenvalue weighted by molar-refractivity contribution is 9.10. The maximum atomic E-state index is 12.3. The molecule has 0 bridgehead atoms. The number of hydrogen-bond acceptors (Lipinski definition) is 5. The maximum Gasteiger partial charge on any atom is 0.259 e. The van der Waals surface area contributed by atoms with Gasteiger partial charge < -0.3 is 0 Å². The summed E-state index contributed by atoms with van der Waals surface area (Å²) in [6, 6.07) is 10.4. The van der Waals surface area contributed by atoms with Crippen LogP contribution in [-0.2, 0) is 5.75 Å². The highest BCUT2D eigenvalue weighted by atomic mass is 79.9. The first kappa shape index (κ1) is 19.9. The number of nitrogens with zero attached hydrogens (tertiary/aromatic N) is 2. The lowest BCUT2D eigenvalue weighted by Gasteiger charge is -2.04. The molecule has 1 N–H and O–H groups in total. The lowest BCUT2D eigenvalue weighted by atomic mass is 10.2. The van der Waals surface area contributed by atoms with E-state index in [1.807, 2.05) is 6.07 Å². The number of thioether (sulfide) groups is 1. The predicted molar refractivity (Wildman–Crippen MR) is 113 cm³/mol. The molecule has 0 aliphatic carbocycles. The van der Waals surface area contributed by atoms with Gasteiger partial charge in [-0.2, -0.15) is 0 Å². The van der Waals surface area contributed by atoms with Gasteiger partial charge in [0.05, 0.1) is 10.6 Å². The Morgan fingerprint density at radius 2 is 1.92 bits per heavy atom. The van der Waals surface area contributed by atoms with E-state index in [-0.39, 0.29) is 5.91 Å². The Hall–Kier alpha value is -0.830. The van der Waals surface area contributed by atoms with Gasteiger partial charge in [0.15, 0.2) is 4.34 Å². The fourth-order valence-corrected chi connectivity index (χ4v) is 4.80. The molecule has 0 aliphatic heterocycles. The molecule has 2 aromatic carbocycles. The highest BCUT2D eigenvalue weighted by Crippen LogP contribution is 2.32. The molecular weight excluding hydrogens is 501 g/mol. The summed E-state index contributed by atoms with van der Waals surface area (Å²) in [4.78, 5) is 12.3. The van der Waals surface area contributed by atoms with Crippen molar-refractivity contribution in [3.8, 4) is 0 Å². The second-order valence-corrected chi connectivity index (χ2v) is 9.34. The van der Waals surface area contributed by atoms with Crippen molar-refractivity contribution in [2.75, 3.05) is 5.32 Å². The first-order valence-corrected chi connectivity index (χ1v) is 10.8. The van der Waals surface area contributed by atoms with Crippen LogP contribution in [0.15, 0.2) is 45.2 Å². The predicted octanol–water partition coefficient (Wildman–Crippen LogP) is 6.81. The minimum Gasteiger partial charge on any atom is -0.296 e. The number of aromatic nitrogens is 2. The van der Waals surface area contributed by atoms with Gasteiger partial charge in [0.2, 0.25) is 5.13 Å². The van der Waals surface area contributed by atoms with Crippen molar-refractivity contribution < 1.29 is 4.79 Å². The summed E-state index contributed by atoms with van der Waals surface area (Å²) in [5.74, 6) is 0.278. The molecule has 0 spiro atoms. The van der Waals surface area contributed by atoms with Crippen LogP contribution in [0, 0.1) is 0 Å². The molecule has 1 aromatic heterocycles. The van der Waals surface area contributed by atoms with E-state index in [0.717, 1.165) is 10.0 Å². The van der Waals surface area contributed by atoms with Crippen molar-refractivity contribution in [3.63, 3.8) is 0 Å². The normalized spacial score (nSPS) is 10.8. The molecule has 1 heterocycles. The van der Waals surface area contributed by atoms with E-state index in [0.29, 0.717) is 35.9 Å². The number of anilines is 1. The molecule has 0 aliphatic rings. The maximum absolute atomic E-state index is 12.3. The number of halogens is 4. The average molecular weight is 510 g/mol. The van der Waals surface area contributed by atoms with Crippen LogP contribution in [0.2, 0.25) is 15.1 Å². The second kappa shape index (κ2) is 8.91. The third-order valence-corrected chi connectivity index (χ3v) is 6.60. The molecule has 0 saturated carbocycles. The quantitative estimate of drug-likeness (QED) is 0.303. The second-order valence-electron chi connectivity index (χ2n) is 4.98. The summed E-state index contributed by atoms with van der Waals surface area (Å²) in [6.45, 7) is 0. The summed E-state index contributed by atoms with van der Waals surface area (Å²) in [5.41, 5.74) is 1.31. The Labute approximate surface area is 181 Å². The molecule has 0 atom stereocenters. The molecule has 10 heteroatoms. The van der Waals surface area contributed by atoms with Gasteiger partial charge >= 0.3 is 0 Å². The molecular formula is C16H9BrCl3N3OS2. The number of amides is 1. The molecule has 3 rings (SSSR count). The third kappa shape index (κ3) is 5.12. The van der Waals surface area contributed by atoms with E-state index in [9.17, 15) is 4.79 Å². The van der Waals surface area contributed by atoms with Crippen molar-refractivity contribution in [2.24, 2.45) is 0 Å². The van der Waals surface area contributed by atoms with E-state index in [1.54, 1.807) is 30.3 Å². The standard InChI is InChI=1S/C16H9BrCl3N3OS2/c17-9-2-4-12(19)11(5-9)14(24)21-15-22-23-16(26-15)25-7-8-1-3-10(18)6-13(8)20/h1-6H,7H2,(H,21,22,24). The zero-order chi connectivity index (χ0) is 18.7. The Morgan fingerprint density at radius 1 is 1.12 bits per heavy atom. The van der Waals surface area contributed by atoms with E-state index in [4.69, 9.17) is 34.8 Å². The summed E-state index contributed by atoms with van der Waals surface area (Å²) in [5, 5.41) is 12.7. The number of nitrogens with one attached hydrogen (secondary N) is 1. The molecule has 4 nitrogen and oxygen atoms in total. The molecule has 0 saturated heterocycles. The topological polar surface area (TPSA) is 54.9 Å². The first-order valence-electron chi connectivity index (χ1n) is 7.09. The third-order valence-electron chi connectivity index (χ3n) is 3.17. The lowest BCUT2D eigenvalue weighted by Crippen LogP contribution is -2.12. The molecule has 1 amide bonds. The Morgan fingerprint density at radius 3 is 2.69 bits per heavy atom. The summed E-state index contributed by atoms with van der Waals surface area (Å²) in [7, 11) is 0. The van der Waals surface area contributed by atoms with Gasteiger partial charge in [-0.15, -0.1) is 10.2 Å². The van der Waals surface area contributed by atoms with Gasteiger partial charge in [-0.1, -0.05) is 79.9 Å². The molecule has 134 valence electrons.